The van der Waals surface area contributed by atoms with E-state index in [0.717, 1.165) is 76.5 Å². The molecule has 113 heavy (non-hydrogen) atoms. The summed E-state index contributed by atoms with van der Waals surface area (Å²) in [6.07, 6.45) is 6.11. The van der Waals surface area contributed by atoms with Gasteiger partial charge in [0, 0.05) is 144 Å². The molecule has 0 unspecified atom stereocenters. The minimum absolute atomic E-state index is 0.0902. The fourth-order valence-electron chi connectivity index (χ4n) is 15.2. The van der Waals surface area contributed by atoms with Crippen molar-refractivity contribution < 1.29 is 56.3 Å². The van der Waals surface area contributed by atoms with Crippen LogP contribution in [0.4, 0.5) is 47.4 Å². The Morgan fingerprint density at radius 2 is 0.796 bits per heavy atom. The minimum atomic E-state index is -0.697. The second-order valence-corrected chi connectivity index (χ2v) is 29.9. The molecule has 7 heterocycles. The molecule has 3 saturated heterocycles. The second-order valence-electron chi connectivity index (χ2n) is 29.9. The monoisotopic (exact) mass is 1540 g/mol. The molecule has 27 heteroatoms. The second kappa shape index (κ2) is 35.1. The van der Waals surface area contributed by atoms with Crippen LogP contribution in [0.2, 0.25) is 0 Å². The molecule has 4 aromatic heterocycles. The van der Waals surface area contributed by atoms with E-state index in [1.54, 1.807) is 115 Å². The number of nitrogens with one attached hydrogen (secondary N) is 6. The van der Waals surface area contributed by atoms with Crippen molar-refractivity contribution in [3.05, 3.63) is 235 Å². The smallest absolute Gasteiger partial charge is 0.294 e. The van der Waals surface area contributed by atoms with Crippen molar-refractivity contribution in [1.29, 1.82) is 0 Å². The van der Waals surface area contributed by atoms with Crippen molar-refractivity contribution in [2.75, 3.05) is 89.6 Å². The zero-order chi connectivity index (χ0) is 81.4. The Morgan fingerprint density at radius 3 is 1.17 bits per heavy atom. The number of para-hydroxylation sites is 1. The summed E-state index contributed by atoms with van der Waals surface area (Å²) in [6.45, 7) is 24.4. The number of hydrogen-bond donors (Lipinski definition) is 6. The highest BCUT2D eigenvalue weighted by Crippen LogP contribution is 2.38. The van der Waals surface area contributed by atoms with Crippen molar-refractivity contribution in [3.63, 3.8) is 0 Å². The maximum atomic E-state index is 13.7. The molecule has 0 bridgehead atoms. The maximum absolute atomic E-state index is 13.7. The fourth-order valence-corrected chi connectivity index (χ4v) is 15.2. The molecule has 5 aromatic carbocycles. The van der Waals surface area contributed by atoms with Crippen LogP contribution in [0.3, 0.4) is 0 Å². The van der Waals surface area contributed by atoms with Crippen molar-refractivity contribution in [2.24, 2.45) is 21.1 Å². The molecule has 13 rings (SSSR count). The Labute approximate surface area is 655 Å². The van der Waals surface area contributed by atoms with Crippen LogP contribution in [-0.4, -0.2) is 158 Å². The summed E-state index contributed by atoms with van der Waals surface area (Å²) >= 11 is 0. The zero-order valence-corrected chi connectivity index (χ0v) is 66.2. The van der Waals surface area contributed by atoms with Gasteiger partial charge in [-0.2, -0.15) is 5.10 Å². The summed E-state index contributed by atoms with van der Waals surface area (Å²) in [5.41, 5.74) is 10.3. The lowest BCUT2D eigenvalue weighted by Crippen LogP contribution is -2.53. The molecule has 0 atom stereocenters. The predicted molar refractivity (Wildman–Crippen MR) is 430 cm³/mol. The molecule has 4 aliphatic rings. The van der Waals surface area contributed by atoms with E-state index in [0.29, 0.717) is 117 Å². The van der Waals surface area contributed by atoms with Crippen molar-refractivity contribution in [1.82, 2.24) is 44.7 Å². The van der Waals surface area contributed by atoms with Crippen LogP contribution in [0.1, 0.15) is 157 Å². The number of piperazine rings is 1. The van der Waals surface area contributed by atoms with Gasteiger partial charge in [-0.15, -0.1) is 5.10 Å². The molecule has 24 nitrogen and oxygen atoms in total. The average Bonchev–Trinajstić information content (AvgIpc) is 1.68. The molecule has 1 saturated carbocycles. The number of Topliss-reactive ketones (excluding diaryl/α,β-unsaturated/α-hetero) is 3. The first-order valence-corrected chi connectivity index (χ1v) is 38.0. The highest BCUT2D eigenvalue weighted by molar-refractivity contribution is 6.44. The fraction of sp³-hybridized carbons (Fsp3) is 0.360. The van der Waals surface area contributed by atoms with Gasteiger partial charge in [0.15, 0.2) is 5.82 Å². The lowest BCUT2D eigenvalue weighted by Gasteiger charge is -2.38. The minimum Gasteiger partial charge on any atom is -0.371 e. The van der Waals surface area contributed by atoms with E-state index in [-0.39, 0.29) is 46.6 Å². The van der Waals surface area contributed by atoms with E-state index in [2.05, 4.69) is 105 Å². The molecule has 6 amide bonds. The number of aryl methyl sites for hydroxylation is 4. The van der Waals surface area contributed by atoms with Gasteiger partial charge < -0.3 is 60.3 Å². The number of nitrogens with zero attached hydrogens (tertiary/aromatic N) is 9. The molecule has 0 spiro atoms. The number of benzene rings is 5. The third-order valence-corrected chi connectivity index (χ3v) is 22.2. The molecule has 3 aliphatic heterocycles. The first-order chi connectivity index (χ1) is 53.8. The lowest BCUT2D eigenvalue weighted by atomic mass is 10.0. The van der Waals surface area contributed by atoms with Gasteiger partial charge in [0.25, 0.3) is 52.8 Å². The molecular formula is C86H98F3N15O9. The standard InChI is InChI=1S/C32H38FN5O3.C28H31FN4O3.C26H29FN6O3/c1-20-6-9-25(10-7-20)38-16-14-37(15-17-38)19-32(12-13-32)35-31(41)29(39)28-22(3)27(23(4)36(28)5)30(40)34-24-8-11-26(33)21(2)18-24;1-17-16-21(10-11-23(17)29)31-27(35)24-18(2)25(32(4)19(24)3)26(34)28(36)30-20-12-14-33(15-13-20)22-8-6-5-7-9-22;1-15-14-19(7-8-20(15)27)30-25(35)22-16(2)23(32(4)17(22)3)24(34)26(36)29-18-9-12-33(13-10-18)21-6-5-11-28-31-21/h6-11,18H,12-17,19H2,1-5H3,(H,34,40)(H,35,41);5-11,16,20H,12-15H2,1-4H3,(H,30,36)(H,31,35);5-8,11,14,18H,9-10,12-13H2,1-4H3,(H,29,36)(H,30,35). The molecule has 592 valence electrons. The van der Waals surface area contributed by atoms with Gasteiger partial charge >= 0.3 is 0 Å². The Balaban J connectivity index is 0.000000168. The number of amides is 6. The van der Waals surface area contributed by atoms with E-state index < -0.39 is 58.3 Å². The van der Waals surface area contributed by atoms with Crippen molar-refractivity contribution in [2.45, 2.75) is 125 Å². The molecular weight excluding hydrogens is 1440 g/mol. The third-order valence-electron chi connectivity index (χ3n) is 22.2. The Bertz CT molecular complexity index is 4920. The van der Waals surface area contributed by atoms with Gasteiger partial charge in [-0.05, 0) is 232 Å². The first kappa shape index (κ1) is 82.0. The topological polar surface area (TPSA) is 279 Å². The van der Waals surface area contributed by atoms with Gasteiger partial charge in [-0.3, -0.25) is 48.1 Å². The van der Waals surface area contributed by atoms with E-state index in [9.17, 15) is 56.3 Å². The van der Waals surface area contributed by atoms with Crippen LogP contribution in [0.25, 0.3) is 0 Å². The first-order valence-electron chi connectivity index (χ1n) is 38.0. The summed E-state index contributed by atoms with van der Waals surface area (Å²) in [7, 11) is 5.00. The van der Waals surface area contributed by atoms with Gasteiger partial charge in [-0.25, -0.2) is 13.2 Å². The summed E-state index contributed by atoms with van der Waals surface area (Å²) in [4.78, 5) is 127. The Morgan fingerprint density at radius 1 is 0.425 bits per heavy atom. The molecule has 0 radical (unpaired) electrons. The Kier molecular flexibility index (Phi) is 25.5. The number of carbonyl (C=O) groups excluding carboxylic acids is 9. The van der Waals surface area contributed by atoms with E-state index in [1.165, 1.54) is 53.7 Å². The van der Waals surface area contributed by atoms with Gasteiger partial charge in [0.05, 0.1) is 39.3 Å². The third kappa shape index (κ3) is 18.8. The van der Waals surface area contributed by atoms with Crippen molar-refractivity contribution in [3.8, 4) is 0 Å². The molecule has 9 aromatic rings. The highest BCUT2D eigenvalue weighted by atomic mass is 19.1. The van der Waals surface area contributed by atoms with E-state index >= 15 is 0 Å². The van der Waals surface area contributed by atoms with Crippen LogP contribution < -0.4 is 46.6 Å². The summed E-state index contributed by atoms with van der Waals surface area (Å²) in [5.74, 6) is -5.57. The summed E-state index contributed by atoms with van der Waals surface area (Å²) < 4.78 is 45.6. The summed E-state index contributed by atoms with van der Waals surface area (Å²) in [5, 5.41) is 25.1. The number of piperidine rings is 2. The number of hydrogen-bond acceptors (Lipinski definition) is 15. The quantitative estimate of drug-likeness (QED) is 0.0306. The predicted octanol–water partition coefficient (Wildman–Crippen LogP) is 11.7. The maximum Gasteiger partial charge on any atom is 0.294 e. The van der Waals surface area contributed by atoms with Crippen LogP contribution in [0.15, 0.2) is 128 Å². The van der Waals surface area contributed by atoms with Gasteiger partial charge in [-0.1, -0.05) is 35.9 Å². The number of rotatable bonds is 20. The van der Waals surface area contributed by atoms with E-state index in [4.69, 9.17) is 0 Å². The SMILES string of the molecule is Cc1cc(NC(=O)c2c(C)c(C(=O)C(=O)NC3CCN(c4ccccc4)CC3)n(C)c2C)ccc1F.Cc1cc(NC(=O)c2c(C)c(C(=O)C(=O)NC3CCN(c4cccnn4)CC3)n(C)c2C)ccc1F.Cc1ccc(N2CCN(CC3(NC(=O)C(=O)c4c(C)c(C(=O)Nc5ccc(F)c(C)c5)c(C)n4C)CC3)CC2)cc1. The number of carbonyl (C=O) groups is 9. The van der Waals surface area contributed by atoms with Crippen LogP contribution >= 0.6 is 0 Å². The largest absolute Gasteiger partial charge is 0.371 e. The zero-order valence-electron chi connectivity index (χ0n) is 66.2. The number of aromatic nitrogens is 5. The molecule has 6 N–H and O–H groups in total. The van der Waals surface area contributed by atoms with Crippen LogP contribution in [0, 0.1) is 86.7 Å². The number of halogens is 3. The Hall–Kier alpha value is -12.0. The van der Waals surface area contributed by atoms with Gasteiger partial charge in [0.1, 0.15) is 17.5 Å². The van der Waals surface area contributed by atoms with Gasteiger partial charge in [0.2, 0.25) is 0 Å². The summed E-state index contributed by atoms with van der Waals surface area (Å²) in [6, 6.07) is 35.1. The highest BCUT2D eigenvalue weighted by Gasteiger charge is 2.47. The molecule has 4 fully saturated rings. The number of anilines is 6. The molecule has 1 aliphatic carbocycles. The normalized spacial score (nSPS) is 14.8. The average molecular weight is 1540 g/mol. The van der Waals surface area contributed by atoms with E-state index in [1.807, 2.05) is 30.3 Å². The van der Waals surface area contributed by atoms with Crippen LogP contribution in [-0.2, 0) is 35.5 Å². The van der Waals surface area contributed by atoms with Crippen LogP contribution in [0.5, 0.6) is 0 Å². The van der Waals surface area contributed by atoms with Crippen molar-refractivity contribution >= 4 is 87.0 Å². The number of ketones is 3. The lowest BCUT2D eigenvalue weighted by molar-refractivity contribution is -0.118.